The zero-order valence-electron chi connectivity index (χ0n) is 18.6. The summed E-state index contributed by atoms with van der Waals surface area (Å²) in [6.45, 7) is 6.57. The number of aryl methyl sites for hydroxylation is 2. The summed E-state index contributed by atoms with van der Waals surface area (Å²) >= 11 is 0. The van der Waals surface area contributed by atoms with Crippen LogP contribution < -0.4 is 27.8 Å². The van der Waals surface area contributed by atoms with Crippen molar-refractivity contribution in [1.29, 1.82) is 0 Å². The lowest BCUT2D eigenvalue weighted by Gasteiger charge is -2.28. The average molecular weight is 448 g/mol. The molecule has 2 aromatic rings. The Bertz CT molecular complexity index is 1140. The van der Waals surface area contributed by atoms with Crippen molar-refractivity contribution in [2.24, 2.45) is 0 Å². The van der Waals surface area contributed by atoms with Gasteiger partial charge in [0.2, 0.25) is 11.8 Å². The van der Waals surface area contributed by atoms with Gasteiger partial charge < -0.3 is 10.2 Å². The van der Waals surface area contributed by atoms with Crippen molar-refractivity contribution in [1.82, 2.24) is 29.3 Å². The first kappa shape index (κ1) is 24.6. The molecule has 32 heavy (non-hydrogen) atoms. The molecule has 3 N–H and O–H groups in total. The molecule has 2 rings (SSSR count). The van der Waals surface area contributed by atoms with Crippen molar-refractivity contribution in [3.8, 4) is 0 Å². The Balaban J connectivity index is 2.28. The fourth-order valence-corrected chi connectivity index (χ4v) is 3.16. The van der Waals surface area contributed by atoms with Crippen molar-refractivity contribution in [2.75, 3.05) is 13.1 Å². The van der Waals surface area contributed by atoms with Gasteiger partial charge in [0.05, 0.1) is 0 Å². The van der Waals surface area contributed by atoms with Gasteiger partial charge in [0, 0.05) is 56.6 Å². The molecule has 174 valence electrons. The summed E-state index contributed by atoms with van der Waals surface area (Å²) in [6, 6.07) is -0.768. The minimum Gasteiger partial charge on any atom is -0.345 e. The van der Waals surface area contributed by atoms with Gasteiger partial charge in [0.1, 0.15) is 6.04 Å². The number of rotatable bonds is 9. The van der Waals surface area contributed by atoms with E-state index in [4.69, 9.17) is 0 Å². The van der Waals surface area contributed by atoms with Crippen LogP contribution >= 0.6 is 0 Å². The van der Waals surface area contributed by atoms with Crippen LogP contribution in [-0.2, 0) is 22.7 Å². The molecule has 1 atom stereocenters. The van der Waals surface area contributed by atoms with Crippen molar-refractivity contribution in [3.63, 3.8) is 0 Å². The van der Waals surface area contributed by atoms with Crippen molar-refractivity contribution in [2.45, 2.75) is 53.2 Å². The fourth-order valence-electron chi connectivity index (χ4n) is 3.16. The number of amides is 2. The number of hydrogen-bond donors (Lipinski definition) is 3. The third-order valence-corrected chi connectivity index (χ3v) is 5.00. The third-order valence-electron chi connectivity index (χ3n) is 5.00. The minimum absolute atomic E-state index is 0.0946. The summed E-state index contributed by atoms with van der Waals surface area (Å²) in [6.07, 6.45) is 3.17. The second-order valence-electron chi connectivity index (χ2n) is 7.52. The molecular weight excluding hydrogens is 420 g/mol. The molecule has 0 radical (unpaired) electrons. The van der Waals surface area contributed by atoms with Gasteiger partial charge >= 0.3 is 11.4 Å². The smallest absolute Gasteiger partial charge is 0.328 e. The van der Waals surface area contributed by atoms with Crippen LogP contribution in [0.5, 0.6) is 0 Å². The van der Waals surface area contributed by atoms with E-state index in [9.17, 15) is 28.8 Å². The van der Waals surface area contributed by atoms with Gasteiger partial charge in [0.25, 0.3) is 11.1 Å². The first-order chi connectivity index (χ1) is 15.0. The number of nitrogens with zero attached hydrogens (tertiary/aromatic N) is 3. The molecule has 0 saturated carbocycles. The molecule has 2 amide bonds. The molecule has 0 aromatic carbocycles. The van der Waals surface area contributed by atoms with Gasteiger partial charge in [0.15, 0.2) is 0 Å². The molecule has 1 unspecified atom stereocenters. The zero-order valence-corrected chi connectivity index (χ0v) is 18.6. The van der Waals surface area contributed by atoms with E-state index in [1.807, 2.05) is 0 Å². The SMILES string of the molecule is CCC(NC(C)=O)C(=O)N(CCn1cc(C)c(=O)[nH]c1=O)CCn1cc(C)c(=O)[nH]c1=O. The molecule has 0 aliphatic rings. The molecule has 0 aliphatic carbocycles. The molecule has 0 spiro atoms. The number of carbonyl (C=O) groups is 2. The highest BCUT2D eigenvalue weighted by Gasteiger charge is 2.24. The summed E-state index contributed by atoms with van der Waals surface area (Å²) in [7, 11) is 0. The summed E-state index contributed by atoms with van der Waals surface area (Å²) in [5.41, 5.74) is -1.47. The van der Waals surface area contributed by atoms with Crippen LogP contribution in [0.25, 0.3) is 0 Å². The molecule has 0 bridgehead atoms. The minimum atomic E-state index is -0.768. The largest absolute Gasteiger partial charge is 0.345 e. The predicted molar refractivity (Wildman–Crippen MR) is 117 cm³/mol. The topological polar surface area (TPSA) is 159 Å². The van der Waals surface area contributed by atoms with Crippen LogP contribution in [0.1, 0.15) is 31.4 Å². The highest BCUT2D eigenvalue weighted by molar-refractivity contribution is 5.86. The van der Waals surface area contributed by atoms with E-state index in [2.05, 4.69) is 15.3 Å². The third kappa shape index (κ3) is 6.15. The maximum atomic E-state index is 13.1. The maximum absolute atomic E-state index is 13.1. The maximum Gasteiger partial charge on any atom is 0.328 e. The lowest BCUT2D eigenvalue weighted by molar-refractivity contribution is -0.136. The van der Waals surface area contributed by atoms with E-state index in [0.29, 0.717) is 17.5 Å². The second kappa shape index (κ2) is 10.6. The zero-order chi connectivity index (χ0) is 24.0. The lowest BCUT2D eigenvalue weighted by Crippen LogP contribution is -2.50. The van der Waals surface area contributed by atoms with Crippen LogP contribution in [0.15, 0.2) is 31.6 Å². The summed E-state index contributed by atoms with van der Waals surface area (Å²) in [4.78, 5) is 77.7. The predicted octanol–water partition coefficient (Wildman–Crippen LogP) is -1.55. The second-order valence-corrected chi connectivity index (χ2v) is 7.52. The average Bonchev–Trinajstić information content (AvgIpc) is 2.72. The summed E-state index contributed by atoms with van der Waals surface area (Å²) < 4.78 is 2.57. The highest BCUT2D eigenvalue weighted by Crippen LogP contribution is 2.02. The van der Waals surface area contributed by atoms with E-state index in [0.717, 1.165) is 0 Å². The molecule has 2 aromatic heterocycles. The number of carbonyl (C=O) groups excluding carboxylic acids is 2. The summed E-state index contributed by atoms with van der Waals surface area (Å²) in [5, 5.41) is 2.60. The number of aromatic nitrogens is 4. The van der Waals surface area contributed by atoms with Gasteiger partial charge in [-0.25, -0.2) is 9.59 Å². The highest BCUT2D eigenvalue weighted by atomic mass is 16.2. The molecular formula is C20H28N6O6. The lowest BCUT2D eigenvalue weighted by atomic mass is 10.2. The summed E-state index contributed by atoms with van der Waals surface area (Å²) in [5.74, 6) is -0.726. The fraction of sp³-hybridized carbons (Fsp3) is 0.500. The van der Waals surface area contributed by atoms with Gasteiger partial charge in [-0.2, -0.15) is 0 Å². The van der Waals surface area contributed by atoms with E-state index in [1.54, 1.807) is 20.8 Å². The Morgan fingerprint density at radius 3 is 1.75 bits per heavy atom. The van der Waals surface area contributed by atoms with E-state index in [1.165, 1.54) is 33.4 Å². The van der Waals surface area contributed by atoms with Crippen molar-refractivity contribution >= 4 is 11.8 Å². The Labute approximate surface area is 182 Å². The van der Waals surface area contributed by atoms with Crippen LogP contribution in [0, 0.1) is 13.8 Å². The number of H-pyrrole nitrogens is 2. The van der Waals surface area contributed by atoms with Crippen LogP contribution in [0.3, 0.4) is 0 Å². The Hall–Kier alpha value is -3.70. The van der Waals surface area contributed by atoms with Gasteiger partial charge in [-0.3, -0.25) is 38.3 Å². The first-order valence-corrected chi connectivity index (χ1v) is 10.2. The normalized spacial score (nSPS) is 11.8. The van der Waals surface area contributed by atoms with Gasteiger partial charge in [-0.05, 0) is 20.3 Å². The monoisotopic (exact) mass is 448 g/mol. The molecule has 12 nitrogen and oxygen atoms in total. The Kier molecular flexibility index (Phi) is 8.10. The molecule has 2 heterocycles. The first-order valence-electron chi connectivity index (χ1n) is 10.2. The van der Waals surface area contributed by atoms with Crippen molar-refractivity contribution < 1.29 is 9.59 Å². The van der Waals surface area contributed by atoms with Crippen molar-refractivity contribution in [3.05, 3.63) is 65.2 Å². The van der Waals surface area contributed by atoms with Gasteiger partial charge in [-0.1, -0.05) is 6.92 Å². The van der Waals surface area contributed by atoms with Crippen LogP contribution in [-0.4, -0.2) is 54.9 Å². The number of aromatic amines is 2. The molecule has 0 aliphatic heterocycles. The Morgan fingerprint density at radius 1 is 0.938 bits per heavy atom. The number of hydrogen-bond acceptors (Lipinski definition) is 6. The van der Waals surface area contributed by atoms with E-state index in [-0.39, 0.29) is 38.0 Å². The van der Waals surface area contributed by atoms with Crippen LogP contribution in [0.2, 0.25) is 0 Å². The Morgan fingerprint density at radius 2 is 1.38 bits per heavy atom. The van der Waals surface area contributed by atoms with E-state index >= 15 is 0 Å². The molecule has 12 heteroatoms. The van der Waals surface area contributed by atoms with Gasteiger partial charge in [-0.15, -0.1) is 0 Å². The standard InChI is InChI=1S/C20H28N6O6/c1-5-15(21-14(4)27)18(30)24(6-8-25-10-12(2)16(28)22-19(25)31)7-9-26-11-13(3)17(29)23-20(26)32/h10-11,15H,5-9H2,1-4H3,(H,21,27)(H,22,28,31)(H,23,29,32). The van der Waals surface area contributed by atoms with E-state index < -0.39 is 28.5 Å². The number of nitrogens with one attached hydrogen (secondary N) is 3. The quantitative estimate of drug-likeness (QED) is 0.421. The molecule has 0 fully saturated rings. The van der Waals surface area contributed by atoms with Crippen LogP contribution in [0.4, 0.5) is 0 Å². The molecule has 0 saturated heterocycles.